The minimum Gasteiger partial charge on any atom is -0.409 e. The molecule has 3 saturated heterocycles. The summed E-state index contributed by atoms with van der Waals surface area (Å²) in [5.74, 6) is -0.543. The quantitative estimate of drug-likeness (QED) is 0.381. The second-order valence-electron chi connectivity index (χ2n) is 7.08. The van der Waals surface area contributed by atoms with Crippen molar-refractivity contribution in [2.75, 3.05) is 13.1 Å². The molecule has 4 nitrogen and oxygen atoms in total. The van der Waals surface area contributed by atoms with Gasteiger partial charge in [0.15, 0.2) is 5.84 Å². The third-order valence-corrected chi connectivity index (χ3v) is 5.88. The Morgan fingerprint density at radius 2 is 1.96 bits per heavy atom. The minimum absolute atomic E-state index is 0.0113. The number of piperidine rings is 3. The summed E-state index contributed by atoms with van der Waals surface area (Å²) in [7, 11) is 0. The monoisotopic (exact) mass is 321 g/mol. The Balaban J connectivity index is 1.64. The Kier molecular flexibility index (Phi) is 3.34. The molecule has 6 heteroatoms. The summed E-state index contributed by atoms with van der Waals surface area (Å²) >= 11 is 0. The first-order valence-corrected chi connectivity index (χ1v) is 8.25. The fraction of sp³-hybridized carbons (Fsp3) is 0.588. The number of nitrogens with zero attached hydrogens (tertiary/aromatic N) is 2. The number of hydrogen-bond donors (Lipinski definition) is 2. The summed E-state index contributed by atoms with van der Waals surface area (Å²) < 4.78 is 28.0. The van der Waals surface area contributed by atoms with Crippen molar-refractivity contribution in [1.29, 1.82) is 0 Å². The number of nitrogens with one attached hydrogen (secondary N) is 1. The van der Waals surface area contributed by atoms with Gasteiger partial charge in [0, 0.05) is 11.6 Å². The van der Waals surface area contributed by atoms with Crippen LogP contribution in [-0.2, 0) is 0 Å². The average Bonchev–Trinajstić information content (AvgIpc) is 3.33. The van der Waals surface area contributed by atoms with Crippen LogP contribution in [0.5, 0.6) is 0 Å². The van der Waals surface area contributed by atoms with Gasteiger partial charge in [0.05, 0.1) is 5.56 Å². The van der Waals surface area contributed by atoms with Gasteiger partial charge in [-0.25, -0.2) is 8.78 Å². The lowest BCUT2D eigenvalue weighted by molar-refractivity contribution is 0.00442. The van der Waals surface area contributed by atoms with Gasteiger partial charge >= 0.3 is 0 Å². The van der Waals surface area contributed by atoms with Crippen molar-refractivity contribution in [3.8, 4) is 0 Å². The van der Waals surface area contributed by atoms with Crippen LogP contribution in [-0.4, -0.2) is 40.6 Å². The molecule has 0 radical (unpaired) electrons. The lowest BCUT2D eigenvalue weighted by atomic mass is 9.76. The van der Waals surface area contributed by atoms with E-state index in [-0.39, 0.29) is 28.5 Å². The first-order chi connectivity index (χ1) is 11.0. The van der Waals surface area contributed by atoms with E-state index < -0.39 is 11.6 Å². The van der Waals surface area contributed by atoms with Crippen LogP contribution in [0.4, 0.5) is 8.78 Å². The van der Waals surface area contributed by atoms with E-state index in [1.807, 2.05) is 0 Å². The Labute approximate surface area is 134 Å². The van der Waals surface area contributed by atoms with Crippen molar-refractivity contribution in [1.82, 2.24) is 10.2 Å². The van der Waals surface area contributed by atoms with Gasteiger partial charge in [-0.15, -0.1) is 0 Å². The number of aryl methyl sites for hydroxylation is 1. The number of fused-ring (bicyclic) bond motifs is 2. The van der Waals surface area contributed by atoms with E-state index in [1.165, 1.54) is 6.92 Å². The van der Waals surface area contributed by atoms with Crippen LogP contribution in [0.2, 0.25) is 0 Å². The van der Waals surface area contributed by atoms with Crippen LogP contribution >= 0.6 is 0 Å². The molecule has 124 valence electrons. The van der Waals surface area contributed by atoms with Crippen LogP contribution in [0.25, 0.3) is 0 Å². The number of rotatable bonds is 2. The van der Waals surface area contributed by atoms with Crippen molar-refractivity contribution in [2.24, 2.45) is 11.1 Å². The van der Waals surface area contributed by atoms with E-state index in [2.05, 4.69) is 15.4 Å². The number of oxime groups is 1. The molecule has 1 spiro atoms. The maximum atomic E-state index is 14.2. The molecular weight excluding hydrogens is 300 g/mol. The molecule has 1 aliphatic carbocycles. The van der Waals surface area contributed by atoms with Gasteiger partial charge in [-0.1, -0.05) is 5.16 Å². The van der Waals surface area contributed by atoms with Crippen molar-refractivity contribution in [2.45, 2.75) is 44.2 Å². The molecule has 1 aromatic carbocycles. The van der Waals surface area contributed by atoms with E-state index in [4.69, 9.17) is 0 Å². The summed E-state index contributed by atoms with van der Waals surface area (Å²) in [5, 5.41) is 15.9. The second-order valence-corrected chi connectivity index (χ2v) is 7.08. The van der Waals surface area contributed by atoms with Crippen LogP contribution in [0.1, 0.15) is 36.8 Å². The van der Waals surface area contributed by atoms with Crippen LogP contribution in [0, 0.1) is 24.5 Å². The zero-order valence-corrected chi connectivity index (χ0v) is 13.1. The summed E-state index contributed by atoms with van der Waals surface area (Å²) in [6.07, 6.45) is 4.43. The number of hydrogen-bond acceptors (Lipinski definition) is 3. The topological polar surface area (TPSA) is 47.9 Å². The Morgan fingerprint density at radius 3 is 2.57 bits per heavy atom. The fourth-order valence-corrected chi connectivity index (χ4v) is 4.46. The highest BCUT2D eigenvalue weighted by Crippen LogP contribution is 2.53. The van der Waals surface area contributed by atoms with Gasteiger partial charge in [-0.05, 0) is 69.3 Å². The lowest BCUT2D eigenvalue weighted by Crippen LogP contribution is -2.65. The highest BCUT2D eigenvalue weighted by atomic mass is 19.1. The minimum atomic E-state index is -0.574. The van der Waals surface area contributed by atoms with Crippen LogP contribution in [0.15, 0.2) is 17.3 Å². The van der Waals surface area contributed by atoms with Crippen molar-refractivity contribution in [3.63, 3.8) is 0 Å². The number of benzene rings is 1. The third kappa shape index (κ3) is 2.23. The summed E-state index contributed by atoms with van der Waals surface area (Å²) in [5.41, 5.74) is 0.351. The highest BCUT2D eigenvalue weighted by Gasteiger charge is 2.60. The normalized spacial score (nSPS) is 31.4. The van der Waals surface area contributed by atoms with Crippen LogP contribution < -0.4 is 5.32 Å². The maximum Gasteiger partial charge on any atom is 0.176 e. The van der Waals surface area contributed by atoms with Crippen molar-refractivity contribution in [3.05, 3.63) is 34.9 Å². The van der Waals surface area contributed by atoms with Gasteiger partial charge in [0.25, 0.3) is 0 Å². The van der Waals surface area contributed by atoms with Crippen molar-refractivity contribution < 1.29 is 14.0 Å². The van der Waals surface area contributed by atoms with Gasteiger partial charge in [0.2, 0.25) is 0 Å². The first-order valence-electron chi connectivity index (χ1n) is 8.25. The molecule has 2 bridgehead atoms. The van der Waals surface area contributed by atoms with E-state index >= 15 is 0 Å². The van der Waals surface area contributed by atoms with E-state index in [0.29, 0.717) is 5.92 Å². The molecule has 4 fully saturated rings. The molecule has 0 amide bonds. The van der Waals surface area contributed by atoms with Gasteiger partial charge in [-0.3, -0.25) is 4.90 Å². The van der Waals surface area contributed by atoms with Gasteiger partial charge in [0.1, 0.15) is 11.6 Å². The largest absolute Gasteiger partial charge is 0.409 e. The fourth-order valence-electron chi connectivity index (χ4n) is 4.46. The van der Waals surface area contributed by atoms with E-state index in [1.54, 1.807) is 0 Å². The molecule has 1 aromatic rings. The Bertz CT molecular complexity index is 664. The Morgan fingerprint density at radius 1 is 1.26 bits per heavy atom. The molecule has 4 aliphatic rings. The molecule has 2 N–H and O–H groups in total. The van der Waals surface area contributed by atoms with Gasteiger partial charge in [-0.2, -0.15) is 0 Å². The maximum absolute atomic E-state index is 14.2. The van der Waals surface area contributed by atoms with Gasteiger partial charge < -0.3 is 10.5 Å². The van der Waals surface area contributed by atoms with Crippen LogP contribution in [0.3, 0.4) is 0 Å². The predicted octanol–water partition coefficient (Wildman–Crippen LogP) is 2.63. The number of amidine groups is 1. The second kappa shape index (κ2) is 5.16. The molecule has 23 heavy (non-hydrogen) atoms. The zero-order chi connectivity index (χ0) is 16.2. The lowest BCUT2D eigenvalue weighted by Gasteiger charge is -2.52. The molecular formula is C17H21F2N3O. The molecule has 1 saturated carbocycles. The van der Waals surface area contributed by atoms with E-state index in [9.17, 15) is 14.0 Å². The summed E-state index contributed by atoms with van der Waals surface area (Å²) in [6.45, 7) is 3.74. The summed E-state index contributed by atoms with van der Waals surface area (Å²) in [6, 6.07) is 2.38. The average molecular weight is 321 g/mol. The molecule has 1 atom stereocenters. The predicted molar refractivity (Wildman–Crippen MR) is 82.6 cm³/mol. The zero-order valence-electron chi connectivity index (χ0n) is 13.1. The van der Waals surface area contributed by atoms with E-state index in [0.717, 1.165) is 50.9 Å². The standard InChI is InChI=1S/C17H21F2N3O/c1-10-8-14(19)12(9-13(10)18)16(21-23)20-15-11-2-6-22(7-3-11)17(15)4-5-17/h8-9,11,15,23H,2-7H2,1H3,(H,20,21)/t15-/m1/s1. The molecule has 5 rings (SSSR count). The van der Waals surface area contributed by atoms with Crippen molar-refractivity contribution >= 4 is 5.84 Å². The first kappa shape index (κ1) is 14.9. The molecule has 0 unspecified atom stereocenters. The smallest absolute Gasteiger partial charge is 0.176 e. The summed E-state index contributed by atoms with van der Waals surface area (Å²) in [4.78, 5) is 2.51. The molecule has 0 aromatic heterocycles. The molecule has 3 aliphatic heterocycles. The third-order valence-electron chi connectivity index (χ3n) is 5.88. The molecule has 3 heterocycles. The number of halogens is 2. The Hall–Kier alpha value is -1.69. The SMILES string of the molecule is Cc1cc(F)c(/C(=N\O)N[C@@H]2C3CCN(CC3)C23CC3)cc1F. The highest BCUT2D eigenvalue weighted by molar-refractivity contribution is 5.99.